The molecule has 3 aromatic rings. The topological polar surface area (TPSA) is 167 Å². The summed E-state index contributed by atoms with van der Waals surface area (Å²) >= 11 is 0. The maximum Gasteiger partial charge on any atom is 0.302 e. The summed E-state index contributed by atoms with van der Waals surface area (Å²) in [7, 11) is 3.23. The van der Waals surface area contributed by atoms with Crippen molar-refractivity contribution >= 4 is 17.7 Å². The van der Waals surface area contributed by atoms with E-state index in [2.05, 4.69) is 5.32 Å². The molecule has 6 atom stereocenters. The molecular weight excluding hydrogens is 762 g/mol. The number of hydrogen-bond donors (Lipinski definition) is 2. The number of ketones is 1. The Balaban J connectivity index is 1.21. The first-order chi connectivity index (χ1) is 28.6. The SMILES string of the molecule is CC[C@H]1O[C@@H](OCCOCCOCCOCC(=O)CC(CO)COC(c2ccccc2)(c2ccc(OC)cc2)c2ccc(OC)cc2)[C@H](NC(C)=O)[C@@H](OC(C)=O)[C@H]1C. The first-order valence-electron chi connectivity index (χ1n) is 20.1. The van der Waals surface area contributed by atoms with E-state index >= 15 is 0 Å². The largest absolute Gasteiger partial charge is 0.497 e. The van der Waals surface area contributed by atoms with Gasteiger partial charge in [-0.2, -0.15) is 0 Å². The van der Waals surface area contributed by atoms with Gasteiger partial charge in [0, 0.05) is 38.7 Å². The second kappa shape index (κ2) is 24.6. The van der Waals surface area contributed by atoms with Gasteiger partial charge in [-0.15, -0.1) is 0 Å². The molecule has 324 valence electrons. The molecule has 0 radical (unpaired) electrons. The average molecular weight is 824 g/mol. The monoisotopic (exact) mass is 823 g/mol. The van der Waals surface area contributed by atoms with Gasteiger partial charge in [0.1, 0.15) is 35.9 Å². The van der Waals surface area contributed by atoms with Crippen LogP contribution in [-0.2, 0) is 53.1 Å². The highest BCUT2D eigenvalue weighted by Gasteiger charge is 2.46. The van der Waals surface area contributed by atoms with E-state index in [0.29, 0.717) is 31.1 Å². The van der Waals surface area contributed by atoms with Crippen LogP contribution in [0.3, 0.4) is 0 Å². The number of aliphatic hydroxyl groups excluding tert-OH is 1. The van der Waals surface area contributed by atoms with Gasteiger partial charge in [-0.25, -0.2) is 0 Å². The van der Waals surface area contributed by atoms with Gasteiger partial charge in [-0.1, -0.05) is 68.4 Å². The third-order valence-corrected chi connectivity index (χ3v) is 10.1. The molecule has 1 fully saturated rings. The van der Waals surface area contributed by atoms with Crippen molar-refractivity contribution < 1.29 is 62.1 Å². The van der Waals surface area contributed by atoms with Crippen LogP contribution in [0.5, 0.6) is 11.5 Å². The van der Waals surface area contributed by atoms with Crippen molar-refractivity contribution in [3.05, 3.63) is 95.6 Å². The van der Waals surface area contributed by atoms with Crippen LogP contribution in [0, 0.1) is 11.8 Å². The zero-order valence-corrected chi connectivity index (χ0v) is 35.1. The van der Waals surface area contributed by atoms with Gasteiger partial charge in [0.25, 0.3) is 0 Å². The molecule has 1 saturated heterocycles. The van der Waals surface area contributed by atoms with Crippen LogP contribution in [0.15, 0.2) is 78.9 Å². The highest BCUT2D eigenvalue weighted by molar-refractivity contribution is 5.79. The highest BCUT2D eigenvalue weighted by atomic mass is 16.7. The number of benzene rings is 3. The number of carbonyl (C=O) groups excluding carboxylic acids is 3. The molecule has 0 aliphatic carbocycles. The van der Waals surface area contributed by atoms with E-state index in [-0.39, 0.29) is 76.4 Å². The van der Waals surface area contributed by atoms with E-state index in [0.717, 1.165) is 16.7 Å². The number of aliphatic hydroxyl groups is 1. The van der Waals surface area contributed by atoms with Crippen molar-refractivity contribution in [2.45, 2.75) is 70.7 Å². The predicted octanol–water partition coefficient (Wildman–Crippen LogP) is 4.85. The van der Waals surface area contributed by atoms with Gasteiger partial charge >= 0.3 is 5.97 Å². The Labute approximate surface area is 347 Å². The minimum atomic E-state index is -1.07. The number of amides is 1. The molecule has 0 spiro atoms. The van der Waals surface area contributed by atoms with E-state index in [1.54, 1.807) is 14.2 Å². The zero-order chi connectivity index (χ0) is 42.6. The predicted molar refractivity (Wildman–Crippen MR) is 218 cm³/mol. The fourth-order valence-corrected chi connectivity index (χ4v) is 7.17. The molecule has 1 heterocycles. The van der Waals surface area contributed by atoms with Gasteiger partial charge in [-0.05, 0) is 47.4 Å². The molecule has 14 nitrogen and oxygen atoms in total. The lowest BCUT2D eigenvalue weighted by atomic mass is 9.79. The van der Waals surface area contributed by atoms with Crippen molar-refractivity contribution in [2.75, 3.05) is 73.7 Å². The Morgan fingerprint density at radius 3 is 1.83 bits per heavy atom. The number of carbonyl (C=O) groups is 3. The van der Waals surface area contributed by atoms with Crippen LogP contribution in [-0.4, -0.2) is 121 Å². The second-order valence-corrected chi connectivity index (χ2v) is 14.4. The van der Waals surface area contributed by atoms with E-state index in [1.165, 1.54) is 13.8 Å². The van der Waals surface area contributed by atoms with Crippen molar-refractivity contribution in [1.29, 1.82) is 0 Å². The number of methoxy groups -OCH3 is 2. The Morgan fingerprint density at radius 1 is 0.780 bits per heavy atom. The molecule has 2 N–H and O–H groups in total. The molecule has 3 aromatic carbocycles. The Kier molecular flexibility index (Phi) is 19.7. The van der Waals surface area contributed by atoms with E-state index in [4.69, 9.17) is 42.6 Å². The summed E-state index contributed by atoms with van der Waals surface area (Å²) < 4.78 is 52.2. The maximum absolute atomic E-state index is 13.0. The summed E-state index contributed by atoms with van der Waals surface area (Å²) in [4.78, 5) is 36.7. The second-order valence-electron chi connectivity index (χ2n) is 14.4. The smallest absolute Gasteiger partial charge is 0.302 e. The lowest BCUT2D eigenvalue weighted by molar-refractivity contribution is -0.255. The summed E-state index contributed by atoms with van der Waals surface area (Å²) in [6.07, 6.45) is -0.884. The van der Waals surface area contributed by atoms with Crippen molar-refractivity contribution in [3.63, 3.8) is 0 Å². The van der Waals surface area contributed by atoms with Gasteiger partial charge in [-0.3, -0.25) is 14.4 Å². The molecule has 4 rings (SSSR count). The molecule has 0 saturated carbocycles. The first kappa shape index (κ1) is 47.3. The summed E-state index contributed by atoms with van der Waals surface area (Å²) in [5.74, 6) is -0.127. The molecular formula is C45H61NO13. The molecule has 1 amide bonds. The number of hydrogen-bond acceptors (Lipinski definition) is 13. The number of rotatable bonds is 26. The zero-order valence-electron chi connectivity index (χ0n) is 35.1. The average Bonchev–Trinajstić information content (AvgIpc) is 3.24. The fourth-order valence-electron chi connectivity index (χ4n) is 7.17. The van der Waals surface area contributed by atoms with Gasteiger partial charge in [0.05, 0.1) is 66.6 Å². The molecule has 59 heavy (non-hydrogen) atoms. The summed E-state index contributed by atoms with van der Waals surface area (Å²) in [6, 6.07) is 24.5. The third-order valence-electron chi connectivity index (χ3n) is 10.1. The number of esters is 1. The number of Topliss-reactive ketones (excluding diaryl/α,β-unsaturated/α-hetero) is 1. The van der Waals surface area contributed by atoms with Crippen LogP contribution >= 0.6 is 0 Å². The van der Waals surface area contributed by atoms with E-state index < -0.39 is 35.9 Å². The summed E-state index contributed by atoms with van der Waals surface area (Å²) in [5, 5.41) is 13.2. The normalized spacial score (nSPS) is 19.7. The molecule has 1 aliphatic rings. The van der Waals surface area contributed by atoms with Gasteiger partial charge in [0.15, 0.2) is 12.1 Å². The standard InChI is InChI=1S/C45H61NO13/c1-7-41-31(2)43(58-33(4)49)42(46-32(3)48)44(59-41)56-26-25-54-22-21-53-23-24-55-30-38(50)27-34(28-47)29-57-45(35-11-9-8-10-12-35,36-13-17-39(51-5)18-14-36)37-15-19-40(52-6)20-16-37/h8-20,31,34,41-44,47H,7,21-30H2,1-6H3,(H,46,48)/t31-,34?,41+,42+,43-,44+/m0/s1. The van der Waals surface area contributed by atoms with Crippen molar-refractivity contribution in [1.82, 2.24) is 5.32 Å². The lowest BCUT2D eigenvalue weighted by Crippen LogP contribution is -2.62. The van der Waals surface area contributed by atoms with Gasteiger partial charge in [0.2, 0.25) is 5.91 Å². The third kappa shape index (κ3) is 13.8. The fraction of sp³-hybridized carbons (Fsp3) is 0.533. The van der Waals surface area contributed by atoms with Crippen LogP contribution in [0.1, 0.15) is 57.2 Å². The molecule has 14 heteroatoms. The first-order valence-corrected chi connectivity index (χ1v) is 20.1. The van der Waals surface area contributed by atoms with Crippen molar-refractivity contribution in [2.24, 2.45) is 11.8 Å². The minimum Gasteiger partial charge on any atom is -0.497 e. The Morgan fingerprint density at radius 2 is 1.32 bits per heavy atom. The van der Waals surface area contributed by atoms with Crippen LogP contribution in [0.25, 0.3) is 0 Å². The highest BCUT2D eigenvalue weighted by Crippen LogP contribution is 2.42. The molecule has 1 aliphatic heterocycles. The van der Waals surface area contributed by atoms with Gasteiger partial charge < -0.3 is 53.1 Å². The van der Waals surface area contributed by atoms with Crippen LogP contribution in [0.2, 0.25) is 0 Å². The van der Waals surface area contributed by atoms with Crippen molar-refractivity contribution in [3.8, 4) is 11.5 Å². The Hall–Kier alpha value is -4.41. The van der Waals surface area contributed by atoms with E-state index in [1.807, 2.05) is 92.7 Å². The molecule has 0 bridgehead atoms. The Bertz CT molecular complexity index is 1640. The van der Waals surface area contributed by atoms with E-state index in [9.17, 15) is 19.5 Å². The molecule has 1 unspecified atom stereocenters. The lowest BCUT2D eigenvalue weighted by Gasteiger charge is -2.44. The quantitative estimate of drug-likeness (QED) is 0.0642. The summed E-state index contributed by atoms with van der Waals surface area (Å²) in [5.41, 5.74) is 1.50. The molecule has 0 aromatic heterocycles. The minimum absolute atomic E-state index is 0.0589. The van der Waals surface area contributed by atoms with Crippen LogP contribution < -0.4 is 14.8 Å². The number of nitrogens with one attached hydrogen (secondary N) is 1. The van der Waals surface area contributed by atoms with Crippen LogP contribution in [0.4, 0.5) is 0 Å². The summed E-state index contributed by atoms with van der Waals surface area (Å²) in [6.45, 7) is 7.79. The maximum atomic E-state index is 13.0. The number of ether oxygens (including phenoxy) is 9.